The molecule has 1 aromatic heterocycles. The Bertz CT molecular complexity index is 1130. The number of ether oxygens (including phenoxy) is 3. The van der Waals surface area contributed by atoms with Crippen LogP contribution in [0.5, 0.6) is 11.5 Å². The molecule has 172 valence electrons. The fourth-order valence-electron chi connectivity index (χ4n) is 2.81. The minimum absolute atomic E-state index is 0.335. The summed E-state index contributed by atoms with van der Waals surface area (Å²) in [6, 6.07) is 12.9. The number of hydrogen-bond donors (Lipinski definition) is 2. The predicted octanol–water partition coefficient (Wildman–Crippen LogP) is 3.13. The predicted molar refractivity (Wildman–Crippen MR) is 124 cm³/mol. The highest BCUT2D eigenvalue weighted by Gasteiger charge is 2.19. The maximum atomic E-state index is 12.2. The third-order valence-electron chi connectivity index (χ3n) is 4.52. The van der Waals surface area contributed by atoms with Gasteiger partial charge in [-0.2, -0.15) is 0 Å². The van der Waals surface area contributed by atoms with Gasteiger partial charge in [0.15, 0.2) is 11.7 Å². The van der Waals surface area contributed by atoms with Crippen LogP contribution in [0.2, 0.25) is 0 Å². The molecular weight excluding hydrogens is 446 g/mol. The second-order valence-electron chi connectivity index (χ2n) is 6.82. The lowest BCUT2D eigenvalue weighted by molar-refractivity contribution is -0.148. The summed E-state index contributed by atoms with van der Waals surface area (Å²) in [6.45, 7) is 0.970. The molecule has 10 heteroatoms. The summed E-state index contributed by atoms with van der Waals surface area (Å²) in [7, 11) is 3.12. The topological polar surface area (TPSA) is 116 Å². The largest absolute Gasteiger partial charge is 0.497 e. The molecule has 0 aliphatic rings. The van der Waals surface area contributed by atoms with Crippen LogP contribution in [-0.4, -0.2) is 49.6 Å². The third-order valence-corrected chi connectivity index (χ3v) is 5.27. The Hall–Kier alpha value is -3.92. The maximum absolute atomic E-state index is 12.2. The molecule has 1 atom stereocenters. The maximum Gasteiger partial charge on any atom is 0.328 e. The minimum Gasteiger partial charge on any atom is -0.497 e. The number of carbonyl (C=O) groups excluding carboxylic acids is 3. The molecule has 0 unspecified atom stereocenters. The van der Waals surface area contributed by atoms with Crippen molar-refractivity contribution < 1.29 is 28.6 Å². The van der Waals surface area contributed by atoms with Crippen LogP contribution in [0.3, 0.4) is 0 Å². The molecule has 0 aliphatic heterocycles. The van der Waals surface area contributed by atoms with E-state index in [2.05, 4.69) is 15.6 Å². The van der Waals surface area contributed by atoms with Gasteiger partial charge in [0.2, 0.25) is 0 Å². The Kier molecular flexibility index (Phi) is 7.98. The number of amides is 2. The SMILES string of the molecule is COc1ccc(OC)c(-c2csc(NC(=O)COC(=O)[C@H](C)NC(=O)c3ccccc3)n2)c1. The first-order valence-electron chi connectivity index (χ1n) is 9.91. The van der Waals surface area contributed by atoms with Gasteiger partial charge >= 0.3 is 5.97 Å². The lowest BCUT2D eigenvalue weighted by Crippen LogP contribution is -2.40. The number of anilines is 1. The minimum atomic E-state index is -0.919. The molecule has 0 aliphatic carbocycles. The van der Waals surface area contributed by atoms with Gasteiger partial charge in [0.05, 0.1) is 19.9 Å². The fourth-order valence-corrected chi connectivity index (χ4v) is 3.54. The molecule has 0 spiro atoms. The number of methoxy groups -OCH3 is 2. The first-order chi connectivity index (χ1) is 15.9. The number of benzene rings is 2. The molecule has 2 N–H and O–H groups in total. The van der Waals surface area contributed by atoms with Crippen molar-refractivity contribution in [3.8, 4) is 22.8 Å². The zero-order valence-electron chi connectivity index (χ0n) is 18.3. The first kappa shape index (κ1) is 23.7. The average Bonchev–Trinajstić information content (AvgIpc) is 3.30. The van der Waals surface area contributed by atoms with E-state index in [1.807, 2.05) is 0 Å². The van der Waals surface area contributed by atoms with E-state index in [4.69, 9.17) is 14.2 Å². The summed E-state index contributed by atoms with van der Waals surface area (Å²) >= 11 is 1.22. The van der Waals surface area contributed by atoms with E-state index in [1.54, 1.807) is 68.1 Å². The van der Waals surface area contributed by atoms with Crippen molar-refractivity contribution in [1.82, 2.24) is 10.3 Å². The molecule has 1 heterocycles. The molecule has 0 bridgehead atoms. The van der Waals surface area contributed by atoms with Crippen LogP contribution in [0.4, 0.5) is 5.13 Å². The van der Waals surface area contributed by atoms with Crippen LogP contribution in [0.25, 0.3) is 11.3 Å². The van der Waals surface area contributed by atoms with E-state index in [9.17, 15) is 14.4 Å². The van der Waals surface area contributed by atoms with Gasteiger partial charge in [0.1, 0.15) is 17.5 Å². The van der Waals surface area contributed by atoms with E-state index < -0.39 is 30.4 Å². The number of hydrogen-bond acceptors (Lipinski definition) is 8. The van der Waals surface area contributed by atoms with Crippen molar-refractivity contribution in [2.24, 2.45) is 0 Å². The van der Waals surface area contributed by atoms with Crippen LogP contribution < -0.4 is 20.1 Å². The van der Waals surface area contributed by atoms with Gasteiger partial charge in [-0.05, 0) is 37.3 Å². The molecular formula is C23H23N3O6S. The smallest absolute Gasteiger partial charge is 0.328 e. The first-order valence-corrected chi connectivity index (χ1v) is 10.8. The molecule has 0 radical (unpaired) electrons. The monoisotopic (exact) mass is 469 g/mol. The number of rotatable bonds is 9. The Balaban J connectivity index is 1.53. The lowest BCUT2D eigenvalue weighted by atomic mass is 10.1. The number of aromatic nitrogens is 1. The number of thiazole rings is 1. The van der Waals surface area contributed by atoms with E-state index in [1.165, 1.54) is 18.3 Å². The van der Waals surface area contributed by atoms with Gasteiger partial charge in [-0.25, -0.2) is 9.78 Å². The zero-order valence-corrected chi connectivity index (χ0v) is 19.1. The molecule has 33 heavy (non-hydrogen) atoms. The summed E-state index contributed by atoms with van der Waals surface area (Å²) in [5.41, 5.74) is 1.73. The van der Waals surface area contributed by atoms with Gasteiger partial charge in [-0.3, -0.25) is 14.9 Å². The van der Waals surface area contributed by atoms with Crippen LogP contribution in [-0.2, 0) is 14.3 Å². The zero-order chi connectivity index (χ0) is 23.8. The Labute approximate surface area is 194 Å². The van der Waals surface area contributed by atoms with Crippen molar-refractivity contribution in [3.05, 3.63) is 59.5 Å². The molecule has 9 nitrogen and oxygen atoms in total. The normalized spacial score (nSPS) is 11.2. The Morgan fingerprint density at radius 1 is 1.06 bits per heavy atom. The number of esters is 1. The second kappa shape index (κ2) is 11.1. The highest BCUT2D eigenvalue weighted by atomic mass is 32.1. The molecule has 0 saturated carbocycles. The molecule has 3 rings (SSSR count). The summed E-state index contributed by atoms with van der Waals surface area (Å²) in [6.07, 6.45) is 0. The van der Waals surface area contributed by atoms with Crippen molar-refractivity contribution in [3.63, 3.8) is 0 Å². The molecule has 3 aromatic rings. The Morgan fingerprint density at radius 3 is 2.52 bits per heavy atom. The summed E-state index contributed by atoms with van der Waals surface area (Å²) < 4.78 is 15.6. The highest BCUT2D eigenvalue weighted by molar-refractivity contribution is 7.14. The van der Waals surface area contributed by atoms with Crippen LogP contribution in [0.1, 0.15) is 17.3 Å². The second-order valence-corrected chi connectivity index (χ2v) is 7.68. The average molecular weight is 470 g/mol. The molecule has 2 amide bonds. The van der Waals surface area contributed by atoms with E-state index in [0.29, 0.717) is 33.5 Å². The number of carbonyl (C=O) groups is 3. The van der Waals surface area contributed by atoms with Gasteiger partial charge in [-0.1, -0.05) is 18.2 Å². The van der Waals surface area contributed by atoms with Crippen molar-refractivity contribution in [1.29, 1.82) is 0 Å². The van der Waals surface area contributed by atoms with E-state index >= 15 is 0 Å². The van der Waals surface area contributed by atoms with Crippen LogP contribution in [0.15, 0.2) is 53.9 Å². The molecule has 0 saturated heterocycles. The van der Waals surface area contributed by atoms with Gasteiger partial charge < -0.3 is 19.5 Å². The number of nitrogens with one attached hydrogen (secondary N) is 2. The van der Waals surface area contributed by atoms with Gasteiger partial charge in [-0.15, -0.1) is 11.3 Å². The van der Waals surface area contributed by atoms with Crippen molar-refractivity contribution >= 4 is 34.3 Å². The molecule has 0 fully saturated rings. The van der Waals surface area contributed by atoms with E-state index in [0.717, 1.165) is 0 Å². The Morgan fingerprint density at radius 2 is 1.82 bits per heavy atom. The standard InChI is InChI=1S/C23H23N3O6S/c1-14(24-21(28)15-7-5-4-6-8-15)22(29)32-12-20(27)26-23-25-18(13-33-23)17-11-16(30-2)9-10-19(17)31-3/h4-11,13-14H,12H2,1-3H3,(H,24,28)(H,25,26,27)/t14-/m0/s1. The van der Waals surface area contributed by atoms with Crippen LogP contribution >= 0.6 is 11.3 Å². The summed E-state index contributed by atoms with van der Waals surface area (Å²) in [5.74, 6) is -0.434. The van der Waals surface area contributed by atoms with Crippen molar-refractivity contribution in [2.75, 3.05) is 26.1 Å². The summed E-state index contributed by atoms with van der Waals surface area (Å²) in [4.78, 5) is 40.8. The third kappa shape index (κ3) is 6.30. The van der Waals surface area contributed by atoms with E-state index in [-0.39, 0.29) is 0 Å². The van der Waals surface area contributed by atoms with Gasteiger partial charge in [0, 0.05) is 16.5 Å². The number of nitrogens with zero attached hydrogens (tertiary/aromatic N) is 1. The molecule has 2 aromatic carbocycles. The van der Waals surface area contributed by atoms with Crippen LogP contribution in [0, 0.1) is 0 Å². The highest BCUT2D eigenvalue weighted by Crippen LogP contribution is 2.34. The van der Waals surface area contributed by atoms with Crippen molar-refractivity contribution in [2.45, 2.75) is 13.0 Å². The summed E-state index contributed by atoms with van der Waals surface area (Å²) in [5, 5.41) is 7.22. The fraction of sp³-hybridized carbons (Fsp3) is 0.217. The lowest BCUT2D eigenvalue weighted by Gasteiger charge is -2.13. The van der Waals surface area contributed by atoms with Gasteiger partial charge in [0.25, 0.3) is 11.8 Å². The quantitative estimate of drug-likeness (QED) is 0.463.